The number of ether oxygens (including phenoxy) is 1. The number of hydrogen-bond acceptors (Lipinski definition) is 5. The normalized spacial score (nSPS) is 17.0. The molecule has 35 heavy (non-hydrogen) atoms. The summed E-state index contributed by atoms with van der Waals surface area (Å²) in [5, 5.41) is 17.7. The van der Waals surface area contributed by atoms with E-state index in [2.05, 4.69) is 10.2 Å². The summed E-state index contributed by atoms with van der Waals surface area (Å²) < 4.78 is 5.75. The van der Waals surface area contributed by atoms with Gasteiger partial charge in [0.25, 0.3) is 0 Å². The summed E-state index contributed by atoms with van der Waals surface area (Å²) in [5.41, 5.74) is 2.88. The van der Waals surface area contributed by atoms with Crippen molar-refractivity contribution in [1.29, 1.82) is 0 Å². The molecule has 0 aromatic heterocycles. The Balaban J connectivity index is 0.000000509. The van der Waals surface area contributed by atoms with Gasteiger partial charge in [-0.2, -0.15) is 0 Å². The van der Waals surface area contributed by atoms with E-state index in [1.807, 2.05) is 54.6 Å². The average molecular weight is 483 g/mol. The molecule has 2 aromatic rings. The van der Waals surface area contributed by atoms with Crippen molar-refractivity contribution in [2.75, 3.05) is 25.0 Å². The Kier molecular flexibility index (Phi) is 10.1. The maximum Gasteiger partial charge on any atom is 0.414 e. The second kappa shape index (κ2) is 13.5. The summed E-state index contributed by atoms with van der Waals surface area (Å²) in [7, 11) is 0. The molecule has 2 fully saturated rings. The fourth-order valence-corrected chi connectivity index (χ4v) is 4.70. The fourth-order valence-electron chi connectivity index (χ4n) is 4.70. The number of anilines is 1. The number of aliphatic carboxylic acids is 2. The molecule has 2 aliphatic rings. The van der Waals surface area contributed by atoms with Crippen molar-refractivity contribution in [3.8, 4) is 11.1 Å². The van der Waals surface area contributed by atoms with Crippen LogP contribution >= 0.6 is 0 Å². The highest BCUT2D eigenvalue weighted by Crippen LogP contribution is 2.28. The number of benzene rings is 2. The number of amides is 1. The lowest BCUT2D eigenvalue weighted by Crippen LogP contribution is -2.41. The topological polar surface area (TPSA) is 116 Å². The third kappa shape index (κ3) is 8.72. The van der Waals surface area contributed by atoms with Gasteiger partial charge in [-0.15, -0.1) is 0 Å². The molecule has 1 aliphatic heterocycles. The molecule has 0 atom stereocenters. The highest BCUT2D eigenvalue weighted by molar-refractivity contribution is 6.27. The predicted octanol–water partition coefficient (Wildman–Crippen LogP) is 5.10. The third-order valence-corrected chi connectivity index (χ3v) is 6.48. The van der Waals surface area contributed by atoms with Crippen LogP contribution in [0.15, 0.2) is 54.6 Å². The van der Waals surface area contributed by atoms with E-state index in [0.29, 0.717) is 0 Å². The number of nitrogens with zero attached hydrogens (tertiary/aromatic N) is 1. The highest BCUT2D eigenvalue weighted by Gasteiger charge is 2.25. The SMILES string of the molecule is O=C(Nc1ccccc1-c1ccccc1)OC1CCN(CC2CCCCC2)CC1.O=C(O)C(=O)O. The largest absolute Gasteiger partial charge is 0.473 e. The van der Waals surface area contributed by atoms with Crippen LogP contribution in [0.4, 0.5) is 10.5 Å². The van der Waals surface area contributed by atoms with E-state index in [-0.39, 0.29) is 12.2 Å². The standard InChI is InChI=1S/C25H32N2O2.C2H2O4/c28-25(26-24-14-8-7-13-23(24)21-11-5-2-6-12-21)29-22-15-17-27(18-16-22)19-20-9-3-1-4-10-20;3-1(4)2(5)6/h2,5-8,11-14,20,22H,1,3-4,9-10,15-19H2,(H,26,28);(H,3,4)(H,5,6). The Morgan fingerprint density at radius 2 is 1.43 bits per heavy atom. The van der Waals surface area contributed by atoms with Crippen LogP contribution in [-0.4, -0.2) is 58.9 Å². The molecule has 188 valence electrons. The van der Waals surface area contributed by atoms with Gasteiger partial charge in [0, 0.05) is 25.2 Å². The van der Waals surface area contributed by atoms with Crippen molar-refractivity contribution in [2.45, 2.75) is 51.0 Å². The molecular weight excluding hydrogens is 448 g/mol. The summed E-state index contributed by atoms with van der Waals surface area (Å²) in [6.45, 7) is 3.30. The van der Waals surface area contributed by atoms with Crippen molar-refractivity contribution in [3.05, 3.63) is 54.6 Å². The number of nitrogens with one attached hydrogen (secondary N) is 1. The molecule has 0 bridgehead atoms. The molecule has 4 rings (SSSR count). The lowest BCUT2D eigenvalue weighted by Gasteiger charge is -2.35. The molecule has 1 aliphatic carbocycles. The van der Waals surface area contributed by atoms with Crippen molar-refractivity contribution in [2.24, 2.45) is 5.92 Å². The van der Waals surface area contributed by atoms with Gasteiger partial charge in [-0.1, -0.05) is 67.8 Å². The van der Waals surface area contributed by atoms with E-state index in [1.54, 1.807) is 0 Å². The number of carboxylic acid groups (broad SMARTS) is 2. The lowest BCUT2D eigenvalue weighted by molar-refractivity contribution is -0.159. The van der Waals surface area contributed by atoms with Crippen LogP contribution in [0.2, 0.25) is 0 Å². The molecule has 1 heterocycles. The van der Waals surface area contributed by atoms with Crippen LogP contribution in [0.3, 0.4) is 0 Å². The molecule has 1 saturated heterocycles. The van der Waals surface area contributed by atoms with Crippen LogP contribution in [0, 0.1) is 5.92 Å². The number of carboxylic acids is 2. The monoisotopic (exact) mass is 482 g/mol. The minimum absolute atomic E-state index is 0.0153. The van der Waals surface area contributed by atoms with Crippen molar-refractivity contribution >= 4 is 23.7 Å². The Bertz CT molecular complexity index is 955. The van der Waals surface area contributed by atoms with Gasteiger partial charge in [-0.05, 0) is 43.2 Å². The second-order valence-corrected chi connectivity index (χ2v) is 9.06. The molecule has 0 spiro atoms. The zero-order valence-electron chi connectivity index (χ0n) is 19.9. The fraction of sp³-hybridized carbons (Fsp3) is 0.444. The molecule has 2 aromatic carbocycles. The molecule has 3 N–H and O–H groups in total. The first kappa shape index (κ1) is 26.2. The van der Waals surface area contributed by atoms with Gasteiger partial charge < -0.3 is 19.8 Å². The Hall–Kier alpha value is -3.39. The second-order valence-electron chi connectivity index (χ2n) is 9.06. The number of carbonyl (C=O) groups excluding carboxylic acids is 1. The quantitative estimate of drug-likeness (QED) is 0.508. The third-order valence-electron chi connectivity index (χ3n) is 6.48. The van der Waals surface area contributed by atoms with Gasteiger partial charge in [0.2, 0.25) is 0 Å². The number of hydrogen-bond donors (Lipinski definition) is 3. The van der Waals surface area contributed by atoms with E-state index < -0.39 is 11.9 Å². The van der Waals surface area contributed by atoms with Crippen LogP contribution in [0.5, 0.6) is 0 Å². The van der Waals surface area contributed by atoms with E-state index in [1.165, 1.54) is 38.6 Å². The maximum absolute atomic E-state index is 12.5. The molecular formula is C27H34N2O6. The first-order chi connectivity index (χ1) is 16.9. The van der Waals surface area contributed by atoms with Crippen LogP contribution in [-0.2, 0) is 14.3 Å². The smallest absolute Gasteiger partial charge is 0.414 e. The average Bonchev–Trinajstić information content (AvgIpc) is 2.87. The predicted molar refractivity (Wildman–Crippen MR) is 133 cm³/mol. The summed E-state index contributed by atoms with van der Waals surface area (Å²) in [6, 6.07) is 18.0. The van der Waals surface area contributed by atoms with Gasteiger partial charge in [0.05, 0.1) is 5.69 Å². The van der Waals surface area contributed by atoms with E-state index >= 15 is 0 Å². The van der Waals surface area contributed by atoms with E-state index in [4.69, 9.17) is 24.5 Å². The number of rotatable bonds is 5. The van der Waals surface area contributed by atoms with E-state index in [9.17, 15) is 4.79 Å². The number of piperidine rings is 1. The van der Waals surface area contributed by atoms with Crippen LogP contribution in [0.1, 0.15) is 44.9 Å². The van der Waals surface area contributed by atoms with E-state index in [0.717, 1.165) is 48.7 Å². The van der Waals surface area contributed by atoms with Gasteiger partial charge >= 0.3 is 18.0 Å². The summed E-state index contributed by atoms with van der Waals surface area (Å²) >= 11 is 0. The minimum Gasteiger partial charge on any atom is -0.473 e. The van der Waals surface area contributed by atoms with Crippen molar-refractivity contribution < 1.29 is 29.3 Å². The van der Waals surface area contributed by atoms with Crippen molar-refractivity contribution in [1.82, 2.24) is 4.90 Å². The Labute approximate surface area is 205 Å². The first-order valence-electron chi connectivity index (χ1n) is 12.2. The zero-order chi connectivity index (χ0) is 25.0. The summed E-state index contributed by atoms with van der Waals surface area (Å²) in [6.07, 6.45) is 8.51. The number of likely N-dealkylation sites (tertiary alicyclic amines) is 1. The minimum atomic E-state index is -1.82. The zero-order valence-corrected chi connectivity index (χ0v) is 19.9. The molecule has 8 heteroatoms. The lowest BCUT2D eigenvalue weighted by atomic mass is 9.88. The summed E-state index contributed by atoms with van der Waals surface area (Å²) in [4.78, 5) is 33.3. The molecule has 0 radical (unpaired) electrons. The van der Waals surface area contributed by atoms with Gasteiger partial charge in [-0.3, -0.25) is 5.32 Å². The van der Waals surface area contributed by atoms with Gasteiger partial charge in [0.15, 0.2) is 0 Å². The molecule has 1 saturated carbocycles. The Morgan fingerprint density at radius 1 is 0.829 bits per heavy atom. The molecule has 8 nitrogen and oxygen atoms in total. The first-order valence-corrected chi connectivity index (χ1v) is 12.2. The Morgan fingerprint density at radius 3 is 2.06 bits per heavy atom. The molecule has 0 unspecified atom stereocenters. The molecule has 1 amide bonds. The van der Waals surface area contributed by atoms with Crippen LogP contribution < -0.4 is 5.32 Å². The maximum atomic E-state index is 12.5. The van der Waals surface area contributed by atoms with Crippen LogP contribution in [0.25, 0.3) is 11.1 Å². The highest BCUT2D eigenvalue weighted by atomic mass is 16.6. The van der Waals surface area contributed by atoms with Gasteiger partial charge in [-0.25, -0.2) is 14.4 Å². The van der Waals surface area contributed by atoms with Gasteiger partial charge in [0.1, 0.15) is 6.10 Å². The number of carbonyl (C=O) groups is 3. The van der Waals surface area contributed by atoms with Crippen molar-refractivity contribution in [3.63, 3.8) is 0 Å². The number of para-hydroxylation sites is 1. The summed E-state index contributed by atoms with van der Waals surface area (Å²) in [5.74, 6) is -2.77.